The standard InChI is InChI=1S/C9H14N2/c10-6-2-4-8-3-1-5-9(11)7-8/h1,3,5,7H,2,4,6,10-11H2/i2D2. The SMILES string of the molecule is [2H]C([2H])(CN)Cc1cccc(N)c1. The molecule has 4 N–H and O–H groups in total. The van der Waals surface area contributed by atoms with E-state index in [-0.39, 0.29) is 6.54 Å². The fourth-order valence-electron chi connectivity index (χ4n) is 0.920. The molecule has 0 heterocycles. The molecule has 0 aliphatic heterocycles. The molecule has 0 spiro atoms. The number of nitrogens with two attached hydrogens (primary N) is 2. The molecule has 2 nitrogen and oxygen atoms in total. The molecule has 0 radical (unpaired) electrons. The normalized spacial score (nSPS) is 13.9. The lowest BCUT2D eigenvalue weighted by atomic mass is 10.1. The number of hydrogen-bond donors (Lipinski definition) is 2. The van der Waals surface area contributed by atoms with Crippen LogP contribution < -0.4 is 11.5 Å². The Labute approximate surface area is 70.0 Å². The fraction of sp³-hybridized carbons (Fsp3) is 0.333. The van der Waals surface area contributed by atoms with E-state index in [0.29, 0.717) is 12.1 Å². The maximum Gasteiger partial charge on any atom is 0.0316 e. The van der Waals surface area contributed by atoms with Crippen molar-refractivity contribution < 1.29 is 2.74 Å². The zero-order valence-electron chi connectivity index (χ0n) is 8.38. The Kier molecular flexibility index (Phi) is 2.03. The Morgan fingerprint density at radius 2 is 2.27 bits per heavy atom. The number of aryl methyl sites for hydroxylation is 1. The van der Waals surface area contributed by atoms with Gasteiger partial charge in [-0.3, -0.25) is 0 Å². The fourth-order valence-corrected chi connectivity index (χ4v) is 0.920. The van der Waals surface area contributed by atoms with Gasteiger partial charge in [-0.25, -0.2) is 0 Å². The van der Waals surface area contributed by atoms with Gasteiger partial charge in [0.2, 0.25) is 0 Å². The molecule has 2 heteroatoms. The molecular weight excluding hydrogens is 136 g/mol. The third-order valence-corrected chi connectivity index (χ3v) is 1.42. The Balaban J connectivity index is 2.74. The highest BCUT2D eigenvalue weighted by Gasteiger charge is 1.91. The third-order valence-electron chi connectivity index (χ3n) is 1.42. The summed E-state index contributed by atoms with van der Waals surface area (Å²) in [4.78, 5) is 0. The molecule has 1 aromatic rings. The Morgan fingerprint density at radius 3 is 2.91 bits per heavy atom. The van der Waals surface area contributed by atoms with E-state index in [1.165, 1.54) is 0 Å². The molecule has 0 aromatic heterocycles. The van der Waals surface area contributed by atoms with Crippen LogP contribution >= 0.6 is 0 Å². The van der Waals surface area contributed by atoms with E-state index in [0.717, 1.165) is 5.56 Å². The molecule has 0 saturated heterocycles. The Hall–Kier alpha value is -1.02. The number of hydrogen-bond acceptors (Lipinski definition) is 2. The van der Waals surface area contributed by atoms with Gasteiger partial charge in [0.25, 0.3) is 0 Å². The van der Waals surface area contributed by atoms with Gasteiger partial charge in [0.15, 0.2) is 0 Å². The van der Waals surface area contributed by atoms with Crippen LogP contribution in [0.2, 0.25) is 0 Å². The number of rotatable bonds is 3. The molecule has 0 unspecified atom stereocenters. The minimum atomic E-state index is -1.34. The predicted molar refractivity (Wildman–Crippen MR) is 48.2 cm³/mol. The minimum Gasteiger partial charge on any atom is -0.399 e. The first-order valence-corrected chi connectivity index (χ1v) is 3.58. The molecule has 0 atom stereocenters. The first-order chi connectivity index (χ1) is 6.03. The lowest BCUT2D eigenvalue weighted by Crippen LogP contribution is -2.00. The minimum absolute atomic E-state index is 0.0296. The first-order valence-electron chi connectivity index (χ1n) is 4.58. The Bertz CT molecular complexity index is 287. The predicted octanol–water partition coefficient (Wildman–Crippen LogP) is 1.16. The number of benzene rings is 1. The van der Waals surface area contributed by atoms with Crippen LogP contribution in [0.15, 0.2) is 24.3 Å². The van der Waals surface area contributed by atoms with Crippen molar-refractivity contribution in [2.75, 3.05) is 12.3 Å². The second kappa shape index (κ2) is 3.98. The van der Waals surface area contributed by atoms with Crippen LogP contribution in [-0.2, 0) is 6.42 Å². The lowest BCUT2D eigenvalue weighted by molar-refractivity contribution is 0.833. The van der Waals surface area contributed by atoms with Gasteiger partial charge in [0.1, 0.15) is 0 Å². The topological polar surface area (TPSA) is 52.0 Å². The quantitative estimate of drug-likeness (QED) is 0.638. The molecule has 0 aliphatic carbocycles. The summed E-state index contributed by atoms with van der Waals surface area (Å²) < 4.78 is 15.0. The summed E-state index contributed by atoms with van der Waals surface area (Å²) in [6, 6.07) is 7.22. The van der Waals surface area contributed by atoms with Gasteiger partial charge < -0.3 is 11.5 Å². The average molecular weight is 152 g/mol. The highest BCUT2D eigenvalue weighted by molar-refractivity contribution is 5.40. The van der Waals surface area contributed by atoms with E-state index in [4.69, 9.17) is 14.2 Å². The van der Waals surface area contributed by atoms with Crippen molar-refractivity contribution in [3.05, 3.63) is 29.8 Å². The smallest absolute Gasteiger partial charge is 0.0316 e. The molecule has 1 rings (SSSR count). The van der Waals surface area contributed by atoms with Gasteiger partial charge >= 0.3 is 0 Å². The van der Waals surface area contributed by atoms with Crippen LogP contribution in [0.4, 0.5) is 5.69 Å². The van der Waals surface area contributed by atoms with Crippen molar-refractivity contribution in [2.24, 2.45) is 5.73 Å². The third kappa shape index (κ3) is 2.60. The monoisotopic (exact) mass is 152 g/mol. The molecule has 11 heavy (non-hydrogen) atoms. The van der Waals surface area contributed by atoms with Crippen molar-refractivity contribution in [1.29, 1.82) is 0 Å². The van der Waals surface area contributed by atoms with Crippen LogP contribution in [0, 0.1) is 0 Å². The van der Waals surface area contributed by atoms with Crippen molar-refractivity contribution in [3.8, 4) is 0 Å². The number of anilines is 1. The van der Waals surface area contributed by atoms with Crippen LogP contribution in [0.25, 0.3) is 0 Å². The molecule has 0 saturated carbocycles. The van der Waals surface area contributed by atoms with E-state index in [1.807, 2.05) is 12.1 Å². The molecule has 0 amide bonds. The van der Waals surface area contributed by atoms with E-state index >= 15 is 0 Å². The molecule has 0 fully saturated rings. The largest absolute Gasteiger partial charge is 0.399 e. The van der Waals surface area contributed by atoms with Crippen LogP contribution in [0.5, 0.6) is 0 Å². The van der Waals surface area contributed by atoms with Crippen LogP contribution in [0.1, 0.15) is 14.7 Å². The average Bonchev–Trinajstić information content (AvgIpc) is 2.03. The van der Waals surface area contributed by atoms with Crippen LogP contribution in [-0.4, -0.2) is 6.54 Å². The zero-order chi connectivity index (χ0) is 9.90. The number of nitrogen functional groups attached to an aromatic ring is 1. The summed E-state index contributed by atoms with van der Waals surface area (Å²) in [6.07, 6.45) is -1.03. The van der Waals surface area contributed by atoms with E-state index in [9.17, 15) is 0 Å². The van der Waals surface area contributed by atoms with Crippen molar-refractivity contribution in [1.82, 2.24) is 0 Å². The van der Waals surface area contributed by atoms with Gasteiger partial charge in [0.05, 0.1) is 0 Å². The Morgan fingerprint density at radius 1 is 1.45 bits per heavy atom. The van der Waals surface area contributed by atoms with Gasteiger partial charge in [-0.15, -0.1) is 0 Å². The molecule has 0 bridgehead atoms. The highest BCUT2D eigenvalue weighted by Crippen LogP contribution is 2.07. The van der Waals surface area contributed by atoms with Crippen molar-refractivity contribution in [3.63, 3.8) is 0 Å². The van der Waals surface area contributed by atoms with Gasteiger partial charge in [-0.1, -0.05) is 12.1 Å². The highest BCUT2D eigenvalue weighted by atomic mass is 14.5. The van der Waals surface area contributed by atoms with E-state index < -0.39 is 6.37 Å². The summed E-state index contributed by atoms with van der Waals surface area (Å²) in [5.41, 5.74) is 12.4. The zero-order valence-corrected chi connectivity index (χ0v) is 6.38. The maximum atomic E-state index is 7.48. The summed E-state index contributed by atoms with van der Waals surface area (Å²) in [7, 11) is 0. The van der Waals surface area contributed by atoms with E-state index in [2.05, 4.69) is 0 Å². The van der Waals surface area contributed by atoms with Crippen LogP contribution in [0.3, 0.4) is 0 Å². The second-order valence-electron chi connectivity index (χ2n) is 2.38. The molecular formula is C9H14N2. The molecule has 0 aliphatic rings. The summed E-state index contributed by atoms with van der Waals surface area (Å²) in [5.74, 6) is 0. The second-order valence-corrected chi connectivity index (χ2v) is 2.38. The van der Waals surface area contributed by atoms with Gasteiger partial charge in [-0.2, -0.15) is 0 Å². The summed E-state index contributed by atoms with van der Waals surface area (Å²) >= 11 is 0. The molecule has 60 valence electrons. The van der Waals surface area contributed by atoms with Gasteiger partial charge in [-0.05, 0) is 37.0 Å². The van der Waals surface area contributed by atoms with E-state index in [1.54, 1.807) is 12.1 Å². The van der Waals surface area contributed by atoms with Gasteiger partial charge in [0, 0.05) is 8.43 Å². The summed E-state index contributed by atoms with van der Waals surface area (Å²) in [6.45, 7) is 0.0296. The van der Waals surface area contributed by atoms with Crippen molar-refractivity contribution in [2.45, 2.75) is 12.8 Å². The summed E-state index contributed by atoms with van der Waals surface area (Å²) in [5, 5.41) is 0. The van der Waals surface area contributed by atoms with Crippen molar-refractivity contribution >= 4 is 5.69 Å². The molecule has 1 aromatic carbocycles. The maximum absolute atomic E-state index is 7.48. The lowest BCUT2D eigenvalue weighted by Gasteiger charge is -1.99. The first kappa shape index (κ1) is 5.61.